The minimum atomic E-state index is -0.766. The molecule has 6 nitrogen and oxygen atoms in total. The SMILES string of the molecule is COc1ccc(C(=O)Oc2ccc(C#N)c(F)c2)cc1/C=N/N=C/c1c2ccccc2cc2ccccc12. The molecule has 0 atom stereocenters. The smallest absolute Gasteiger partial charge is 0.343 e. The number of hydrogen-bond acceptors (Lipinski definition) is 6. The summed E-state index contributed by atoms with van der Waals surface area (Å²) in [6.07, 6.45) is 3.20. The number of nitriles is 1. The molecule has 0 aliphatic rings. The van der Waals surface area contributed by atoms with E-state index >= 15 is 0 Å². The first-order valence-electron chi connectivity index (χ1n) is 11.6. The van der Waals surface area contributed by atoms with E-state index in [1.165, 1.54) is 31.5 Å². The minimum absolute atomic E-state index is 0.00977. The topological polar surface area (TPSA) is 84.0 Å². The fourth-order valence-corrected chi connectivity index (χ4v) is 4.15. The van der Waals surface area contributed by atoms with Crippen molar-refractivity contribution in [1.29, 1.82) is 5.26 Å². The van der Waals surface area contributed by atoms with Gasteiger partial charge in [0, 0.05) is 17.2 Å². The van der Waals surface area contributed by atoms with Crippen LogP contribution in [-0.2, 0) is 0 Å². The lowest BCUT2D eigenvalue weighted by atomic mass is 9.97. The van der Waals surface area contributed by atoms with Crippen LogP contribution >= 0.6 is 0 Å². The summed E-state index contributed by atoms with van der Waals surface area (Å²) in [7, 11) is 1.51. The number of ether oxygens (including phenoxy) is 2. The zero-order valence-corrected chi connectivity index (χ0v) is 20.3. The number of rotatable bonds is 6. The van der Waals surface area contributed by atoms with Gasteiger partial charge >= 0.3 is 5.97 Å². The number of benzene rings is 5. The molecule has 5 aromatic carbocycles. The number of carbonyl (C=O) groups excluding carboxylic acids is 1. The van der Waals surface area contributed by atoms with Crippen LogP contribution in [0.4, 0.5) is 4.39 Å². The van der Waals surface area contributed by atoms with Crippen LogP contribution in [-0.4, -0.2) is 25.5 Å². The Balaban J connectivity index is 1.42. The molecule has 0 saturated heterocycles. The molecule has 5 rings (SSSR count). The monoisotopic (exact) mass is 501 g/mol. The summed E-state index contributed by atoms with van der Waals surface area (Å²) in [4.78, 5) is 12.7. The van der Waals surface area contributed by atoms with Crippen LogP contribution in [0.25, 0.3) is 21.5 Å². The fourth-order valence-electron chi connectivity index (χ4n) is 4.15. The Hall–Kier alpha value is -5.35. The maximum Gasteiger partial charge on any atom is 0.343 e. The molecule has 184 valence electrons. The van der Waals surface area contributed by atoms with Gasteiger partial charge in [-0.2, -0.15) is 15.5 Å². The number of halogens is 1. The Morgan fingerprint density at radius 3 is 2.21 bits per heavy atom. The number of esters is 1. The molecule has 0 radical (unpaired) electrons. The summed E-state index contributed by atoms with van der Waals surface area (Å²) in [5.41, 5.74) is 1.54. The average Bonchev–Trinajstić information content (AvgIpc) is 2.94. The third kappa shape index (κ3) is 4.97. The van der Waals surface area contributed by atoms with Gasteiger partial charge in [-0.05, 0) is 57.9 Å². The normalized spacial score (nSPS) is 11.3. The van der Waals surface area contributed by atoms with Crippen molar-refractivity contribution in [3.8, 4) is 17.6 Å². The molecule has 0 N–H and O–H groups in total. The highest BCUT2D eigenvalue weighted by atomic mass is 19.1. The van der Waals surface area contributed by atoms with E-state index in [2.05, 4.69) is 28.4 Å². The van der Waals surface area contributed by atoms with Gasteiger partial charge in [-0.3, -0.25) is 0 Å². The summed E-state index contributed by atoms with van der Waals surface area (Å²) in [5.74, 6) is -0.987. The van der Waals surface area contributed by atoms with E-state index in [-0.39, 0.29) is 16.9 Å². The maximum atomic E-state index is 13.9. The summed E-state index contributed by atoms with van der Waals surface area (Å²) in [6.45, 7) is 0. The van der Waals surface area contributed by atoms with Gasteiger partial charge in [-0.15, -0.1) is 0 Å². The third-order valence-electron chi connectivity index (χ3n) is 6.00. The van der Waals surface area contributed by atoms with Crippen molar-refractivity contribution in [2.75, 3.05) is 7.11 Å². The molecule has 0 saturated carbocycles. The Morgan fingerprint density at radius 1 is 0.868 bits per heavy atom. The summed E-state index contributed by atoms with van der Waals surface area (Å²) >= 11 is 0. The van der Waals surface area contributed by atoms with Crippen LogP contribution in [0.15, 0.2) is 101 Å². The number of carbonyl (C=O) groups is 1. The van der Waals surface area contributed by atoms with Crippen molar-refractivity contribution in [3.63, 3.8) is 0 Å². The second kappa shape index (κ2) is 10.7. The van der Waals surface area contributed by atoms with Gasteiger partial charge in [0.2, 0.25) is 0 Å². The second-order valence-electron chi connectivity index (χ2n) is 8.32. The van der Waals surface area contributed by atoms with Gasteiger partial charge in [0.25, 0.3) is 0 Å². The van der Waals surface area contributed by atoms with Crippen LogP contribution in [0.2, 0.25) is 0 Å². The molecule has 38 heavy (non-hydrogen) atoms. The number of fused-ring (bicyclic) bond motifs is 2. The summed E-state index contributed by atoms with van der Waals surface area (Å²) in [6, 6.07) is 28.3. The van der Waals surface area contributed by atoms with Crippen molar-refractivity contribution in [3.05, 3.63) is 119 Å². The van der Waals surface area contributed by atoms with Crippen molar-refractivity contribution < 1.29 is 18.7 Å². The lowest BCUT2D eigenvalue weighted by Gasteiger charge is -2.08. The molecule has 7 heteroatoms. The molecule has 0 aromatic heterocycles. The van der Waals surface area contributed by atoms with E-state index in [1.807, 2.05) is 36.4 Å². The van der Waals surface area contributed by atoms with Crippen molar-refractivity contribution in [2.45, 2.75) is 0 Å². The average molecular weight is 502 g/mol. The van der Waals surface area contributed by atoms with Gasteiger partial charge in [-0.25, -0.2) is 9.18 Å². The highest BCUT2D eigenvalue weighted by Gasteiger charge is 2.13. The molecule has 0 unspecified atom stereocenters. The first kappa shape index (κ1) is 24.3. The largest absolute Gasteiger partial charge is 0.496 e. The number of methoxy groups -OCH3 is 1. The van der Waals surface area contributed by atoms with E-state index in [0.29, 0.717) is 11.3 Å². The highest BCUT2D eigenvalue weighted by Crippen LogP contribution is 2.27. The van der Waals surface area contributed by atoms with E-state index in [0.717, 1.165) is 33.2 Å². The Bertz CT molecular complexity index is 1730. The van der Waals surface area contributed by atoms with Crippen LogP contribution in [0.1, 0.15) is 27.0 Å². The Kier molecular flexibility index (Phi) is 6.87. The second-order valence-corrected chi connectivity index (χ2v) is 8.32. The molecule has 0 heterocycles. The van der Waals surface area contributed by atoms with Crippen molar-refractivity contribution in [1.82, 2.24) is 0 Å². The molecular formula is C31H20FN3O3. The zero-order chi connectivity index (χ0) is 26.5. The van der Waals surface area contributed by atoms with Crippen LogP contribution in [0, 0.1) is 17.1 Å². The van der Waals surface area contributed by atoms with Gasteiger partial charge in [0.1, 0.15) is 23.4 Å². The first-order chi connectivity index (χ1) is 18.6. The Labute approximate surface area is 217 Å². The third-order valence-corrected chi connectivity index (χ3v) is 6.00. The molecule has 0 aliphatic carbocycles. The fraction of sp³-hybridized carbons (Fsp3) is 0.0323. The molecule has 0 aliphatic heterocycles. The van der Waals surface area contributed by atoms with E-state index in [9.17, 15) is 9.18 Å². The summed E-state index contributed by atoms with van der Waals surface area (Å²) < 4.78 is 24.5. The predicted molar refractivity (Wildman–Crippen MR) is 146 cm³/mol. The number of nitrogens with zero attached hydrogens (tertiary/aromatic N) is 3. The van der Waals surface area contributed by atoms with Gasteiger partial charge in [0.15, 0.2) is 0 Å². The lowest BCUT2D eigenvalue weighted by molar-refractivity contribution is 0.0734. The highest BCUT2D eigenvalue weighted by molar-refractivity contribution is 6.13. The first-order valence-corrected chi connectivity index (χ1v) is 11.6. The number of hydrogen-bond donors (Lipinski definition) is 0. The van der Waals surface area contributed by atoms with Crippen molar-refractivity contribution >= 4 is 39.9 Å². The molecule has 0 bridgehead atoms. The van der Waals surface area contributed by atoms with Crippen LogP contribution < -0.4 is 9.47 Å². The Morgan fingerprint density at radius 2 is 1.55 bits per heavy atom. The molecule has 0 fully saturated rings. The minimum Gasteiger partial charge on any atom is -0.496 e. The molecule has 5 aromatic rings. The quantitative estimate of drug-likeness (QED) is 0.0854. The van der Waals surface area contributed by atoms with E-state index in [1.54, 1.807) is 24.4 Å². The van der Waals surface area contributed by atoms with Crippen molar-refractivity contribution in [2.24, 2.45) is 10.2 Å². The molecular weight excluding hydrogens is 481 g/mol. The maximum absolute atomic E-state index is 13.9. The van der Waals surface area contributed by atoms with Crippen LogP contribution in [0.3, 0.4) is 0 Å². The zero-order valence-electron chi connectivity index (χ0n) is 20.3. The van der Waals surface area contributed by atoms with E-state index < -0.39 is 11.8 Å². The van der Waals surface area contributed by atoms with Gasteiger partial charge < -0.3 is 9.47 Å². The molecule has 0 spiro atoms. The van der Waals surface area contributed by atoms with E-state index in [4.69, 9.17) is 14.7 Å². The lowest BCUT2D eigenvalue weighted by Crippen LogP contribution is -2.09. The standard InChI is InChI=1S/C31H20FN3O3/c1-37-30-13-11-22(31(36)38-25-12-10-23(17-33)29(32)16-25)15-24(30)18-34-35-19-28-26-8-4-2-6-20(26)14-21-7-3-5-9-27(21)28/h2-16,18-19H,1H3/b34-18+,35-19+. The van der Waals surface area contributed by atoms with Gasteiger partial charge in [0.05, 0.1) is 30.7 Å². The molecule has 0 amide bonds. The summed E-state index contributed by atoms with van der Waals surface area (Å²) in [5, 5.41) is 21.7. The predicted octanol–water partition coefficient (Wildman–Crippen LogP) is 6.68. The van der Waals surface area contributed by atoms with Crippen LogP contribution in [0.5, 0.6) is 11.5 Å². The van der Waals surface area contributed by atoms with Gasteiger partial charge in [-0.1, -0.05) is 48.5 Å².